The fourth-order valence-corrected chi connectivity index (χ4v) is 3.96. The van der Waals surface area contributed by atoms with E-state index in [4.69, 9.17) is 16.1 Å². The number of rotatable bonds is 4. The highest BCUT2D eigenvalue weighted by Crippen LogP contribution is 2.34. The number of thioether (sulfide) groups is 1. The summed E-state index contributed by atoms with van der Waals surface area (Å²) in [6, 6.07) is 6.86. The van der Waals surface area contributed by atoms with Crippen LogP contribution in [-0.4, -0.2) is 20.6 Å². The van der Waals surface area contributed by atoms with Crippen molar-refractivity contribution in [2.45, 2.75) is 18.1 Å². The molecule has 0 atom stereocenters. The van der Waals surface area contributed by atoms with E-state index in [1.165, 1.54) is 0 Å². The summed E-state index contributed by atoms with van der Waals surface area (Å²) in [6.45, 7) is -0.0523. The quantitative estimate of drug-likeness (QED) is 0.690. The van der Waals surface area contributed by atoms with Crippen molar-refractivity contribution in [1.82, 2.24) is 14.7 Å². The summed E-state index contributed by atoms with van der Waals surface area (Å²) in [5.74, 6) is 0.942. The normalized spacial score (nSPS) is 12.8. The van der Waals surface area contributed by atoms with Crippen LogP contribution in [0.5, 0.6) is 0 Å². The lowest BCUT2D eigenvalue weighted by Gasteiger charge is -2.08. The Kier molecular flexibility index (Phi) is 4.63. The molecule has 3 aromatic rings. The lowest BCUT2D eigenvalue weighted by molar-refractivity contribution is 0.102. The molecule has 10 heteroatoms. The molecular weight excluding hydrogens is 392 g/mol. The van der Waals surface area contributed by atoms with Crippen LogP contribution in [0.15, 0.2) is 44.6 Å². The Morgan fingerprint density at radius 3 is 2.96 bits per heavy atom. The van der Waals surface area contributed by atoms with E-state index in [9.17, 15) is 14.4 Å². The molecule has 0 fully saturated rings. The molecule has 0 spiro atoms. The molecule has 1 aliphatic heterocycles. The van der Waals surface area contributed by atoms with E-state index in [1.807, 2.05) is 0 Å². The highest BCUT2D eigenvalue weighted by Gasteiger charge is 2.24. The topological polar surface area (TPSA) is 110 Å². The largest absolute Gasteiger partial charge is 0.338 e. The Bertz CT molecular complexity index is 1150. The number of halogens is 1. The van der Waals surface area contributed by atoms with Gasteiger partial charge in [-0.25, -0.2) is 4.79 Å². The molecule has 1 aromatic carbocycles. The zero-order chi connectivity index (χ0) is 19.0. The molecule has 2 aromatic heterocycles. The number of benzene rings is 1. The van der Waals surface area contributed by atoms with Gasteiger partial charge >= 0.3 is 5.69 Å². The van der Waals surface area contributed by atoms with Gasteiger partial charge in [-0.15, -0.1) is 0 Å². The third kappa shape index (κ3) is 3.31. The van der Waals surface area contributed by atoms with Gasteiger partial charge in [0.1, 0.15) is 5.56 Å². The summed E-state index contributed by atoms with van der Waals surface area (Å²) < 4.78 is 6.07. The molecule has 0 saturated carbocycles. The van der Waals surface area contributed by atoms with Gasteiger partial charge in [0.2, 0.25) is 5.88 Å². The average Bonchev–Trinajstić information content (AvgIpc) is 3.25. The number of carbonyl (C=O) groups excluding carboxylic acids is 1. The van der Waals surface area contributed by atoms with Gasteiger partial charge in [-0.05, 0) is 11.6 Å². The van der Waals surface area contributed by atoms with E-state index in [1.54, 1.807) is 36.0 Å². The van der Waals surface area contributed by atoms with Gasteiger partial charge < -0.3 is 9.51 Å². The van der Waals surface area contributed by atoms with Crippen LogP contribution in [0.4, 0.5) is 5.88 Å². The van der Waals surface area contributed by atoms with Crippen LogP contribution >= 0.6 is 23.4 Å². The van der Waals surface area contributed by atoms with Crippen molar-refractivity contribution >= 4 is 35.2 Å². The molecule has 27 heavy (non-hydrogen) atoms. The van der Waals surface area contributed by atoms with Gasteiger partial charge in [0, 0.05) is 22.7 Å². The molecule has 4 rings (SSSR count). The predicted molar refractivity (Wildman–Crippen MR) is 101 cm³/mol. The minimum Gasteiger partial charge on any atom is -0.338 e. The number of hydrogen-bond acceptors (Lipinski definition) is 6. The van der Waals surface area contributed by atoms with E-state index in [0.717, 1.165) is 27.8 Å². The molecule has 3 heterocycles. The Hall–Kier alpha value is -2.78. The summed E-state index contributed by atoms with van der Waals surface area (Å²) in [7, 11) is 0. The second-order valence-corrected chi connectivity index (χ2v) is 7.27. The van der Waals surface area contributed by atoms with Crippen LogP contribution < -0.4 is 16.6 Å². The Morgan fingerprint density at radius 1 is 1.33 bits per heavy atom. The smallest absolute Gasteiger partial charge is 0.328 e. The van der Waals surface area contributed by atoms with Gasteiger partial charge in [0.25, 0.3) is 11.5 Å². The first-order valence-corrected chi connectivity index (χ1v) is 9.50. The molecule has 8 nitrogen and oxygen atoms in total. The van der Waals surface area contributed by atoms with Crippen LogP contribution in [0.1, 0.15) is 27.2 Å². The monoisotopic (exact) mass is 404 g/mol. The molecule has 1 aliphatic rings. The van der Waals surface area contributed by atoms with Crippen LogP contribution in [0, 0.1) is 0 Å². The van der Waals surface area contributed by atoms with Gasteiger partial charge in [0.15, 0.2) is 0 Å². The van der Waals surface area contributed by atoms with Crippen molar-refractivity contribution in [2.75, 3.05) is 5.32 Å². The van der Waals surface area contributed by atoms with Crippen LogP contribution in [0.2, 0.25) is 5.02 Å². The van der Waals surface area contributed by atoms with Crippen molar-refractivity contribution < 1.29 is 9.32 Å². The molecule has 0 radical (unpaired) electrons. The van der Waals surface area contributed by atoms with E-state index in [2.05, 4.69) is 15.5 Å². The Labute approximate surface area is 161 Å². The number of anilines is 1. The fourth-order valence-electron chi connectivity index (χ4n) is 2.74. The highest BCUT2D eigenvalue weighted by atomic mass is 35.5. The van der Waals surface area contributed by atoms with Crippen molar-refractivity contribution in [3.05, 3.63) is 78.7 Å². The third-order valence-electron chi connectivity index (χ3n) is 4.17. The first-order chi connectivity index (χ1) is 13.0. The van der Waals surface area contributed by atoms with Crippen LogP contribution in [0.25, 0.3) is 0 Å². The number of fused-ring (bicyclic) bond motifs is 1. The minimum atomic E-state index is -0.721. The number of nitrogens with one attached hydrogen (secondary N) is 2. The Morgan fingerprint density at radius 2 is 2.15 bits per heavy atom. The summed E-state index contributed by atoms with van der Waals surface area (Å²) in [5.41, 5.74) is 0.629. The van der Waals surface area contributed by atoms with E-state index in [0.29, 0.717) is 16.3 Å². The molecule has 0 unspecified atom stereocenters. The lowest BCUT2D eigenvalue weighted by atomic mass is 10.2. The number of aromatic amines is 1. The lowest BCUT2D eigenvalue weighted by Crippen LogP contribution is -2.39. The van der Waals surface area contributed by atoms with Crippen molar-refractivity contribution in [2.24, 2.45) is 0 Å². The average molecular weight is 405 g/mol. The number of amides is 1. The number of nitrogens with zero attached hydrogens (tertiary/aromatic N) is 2. The third-order valence-corrected chi connectivity index (χ3v) is 5.51. The molecular formula is C17H13ClN4O4S. The second kappa shape index (κ2) is 7.09. The van der Waals surface area contributed by atoms with Gasteiger partial charge in [0.05, 0.1) is 17.8 Å². The van der Waals surface area contributed by atoms with Gasteiger partial charge in [-0.1, -0.05) is 35.0 Å². The van der Waals surface area contributed by atoms with E-state index >= 15 is 0 Å². The standard InChI is InChI=1S/C17H13ClN4O4S/c18-12-4-2-1-3-9(12)6-22-16(24)10(5-19-17(22)25)14(23)20-15-11-7-27-8-13(11)21-26-15/h1-5H,6-8H2,(H,19,25)(H,20,23). The second-order valence-electron chi connectivity index (χ2n) is 5.87. The number of aromatic nitrogens is 3. The zero-order valence-corrected chi connectivity index (χ0v) is 15.4. The highest BCUT2D eigenvalue weighted by molar-refractivity contribution is 7.98. The maximum Gasteiger partial charge on any atom is 0.328 e. The minimum absolute atomic E-state index is 0.0523. The Balaban J connectivity index is 1.65. The molecule has 138 valence electrons. The van der Waals surface area contributed by atoms with Gasteiger partial charge in [-0.2, -0.15) is 11.8 Å². The molecule has 2 N–H and O–H groups in total. The van der Waals surface area contributed by atoms with Crippen LogP contribution in [0.3, 0.4) is 0 Å². The molecule has 0 saturated heterocycles. The number of carbonyl (C=O) groups is 1. The zero-order valence-electron chi connectivity index (χ0n) is 13.8. The fraction of sp³-hybridized carbons (Fsp3) is 0.176. The maximum atomic E-state index is 12.7. The molecule has 1 amide bonds. The van der Waals surface area contributed by atoms with Gasteiger partial charge in [-0.3, -0.25) is 19.5 Å². The SMILES string of the molecule is O=C(Nc1onc2c1CSC2)c1c[nH]c(=O)n(Cc2ccccc2Cl)c1=O. The van der Waals surface area contributed by atoms with E-state index < -0.39 is 17.2 Å². The van der Waals surface area contributed by atoms with Crippen molar-refractivity contribution in [1.29, 1.82) is 0 Å². The maximum absolute atomic E-state index is 12.7. The first kappa shape index (κ1) is 17.6. The summed E-state index contributed by atoms with van der Waals surface area (Å²) in [4.78, 5) is 39.8. The first-order valence-electron chi connectivity index (χ1n) is 7.97. The molecule has 0 bridgehead atoms. The number of H-pyrrole nitrogens is 1. The number of hydrogen-bond donors (Lipinski definition) is 2. The summed E-state index contributed by atoms with van der Waals surface area (Å²) >= 11 is 7.76. The molecule has 0 aliphatic carbocycles. The van der Waals surface area contributed by atoms with Crippen molar-refractivity contribution in [3.8, 4) is 0 Å². The van der Waals surface area contributed by atoms with E-state index in [-0.39, 0.29) is 18.0 Å². The summed E-state index contributed by atoms with van der Waals surface area (Å²) in [5, 5.41) is 6.88. The predicted octanol–water partition coefficient (Wildman–Crippen LogP) is 2.23. The van der Waals surface area contributed by atoms with Crippen LogP contribution in [-0.2, 0) is 18.1 Å². The van der Waals surface area contributed by atoms with Crippen molar-refractivity contribution in [3.63, 3.8) is 0 Å². The summed E-state index contributed by atoms with van der Waals surface area (Å²) in [6.07, 6.45) is 1.09.